The first kappa shape index (κ1) is 20.4. The zero-order valence-electron chi connectivity index (χ0n) is 16.1. The van der Waals surface area contributed by atoms with Crippen molar-refractivity contribution in [2.24, 2.45) is 5.92 Å². The van der Waals surface area contributed by atoms with Crippen LogP contribution in [0.15, 0.2) is 66.0 Å². The third-order valence-electron chi connectivity index (χ3n) is 4.34. The molecule has 1 N–H and O–H groups in total. The number of ether oxygens (including phenoxy) is 1. The highest BCUT2D eigenvalue weighted by Crippen LogP contribution is 2.31. The molecule has 29 heavy (non-hydrogen) atoms. The van der Waals surface area contributed by atoms with Crippen molar-refractivity contribution in [2.45, 2.75) is 12.1 Å². The van der Waals surface area contributed by atoms with Crippen LogP contribution in [-0.2, 0) is 4.79 Å². The maximum atomic E-state index is 12.4. The van der Waals surface area contributed by atoms with Crippen molar-refractivity contribution in [3.8, 4) is 28.8 Å². The number of ketones is 1. The largest absolute Gasteiger partial charge is 0.497 e. The van der Waals surface area contributed by atoms with Crippen LogP contribution in [-0.4, -0.2) is 33.9 Å². The number of Topliss-reactive ketones (excluding diaryl/α,β-unsaturated/α-hetero) is 1. The summed E-state index contributed by atoms with van der Waals surface area (Å²) in [6.07, 6.45) is 1.77. The summed E-state index contributed by atoms with van der Waals surface area (Å²) >= 11 is 1.25. The van der Waals surface area contributed by atoms with Crippen molar-refractivity contribution in [1.82, 2.24) is 9.55 Å². The van der Waals surface area contributed by atoms with E-state index in [9.17, 15) is 4.79 Å². The molecule has 0 aliphatic carbocycles. The van der Waals surface area contributed by atoms with Crippen LogP contribution in [0.2, 0.25) is 0 Å². The number of nitrogens with one attached hydrogen (secondary N) is 1. The number of aromatic nitrogens is 2. The summed E-state index contributed by atoms with van der Waals surface area (Å²) in [6.45, 7) is 1.47. The Hall–Kier alpha value is -3.37. The zero-order valence-corrected chi connectivity index (χ0v) is 16.9. The highest BCUT2D eigenvalue weighted by Gasteiger charge is 2.22. The standard InChI is InChI=1S/C22H20N4O2S/c1-15(24)19(12-23)21(27)14-29-22-25-13-20(16-7-4-3-5-8-16)26(22)17-9-6-10-18(11-17)28-2/h3-11,13,19,24H,14H2,1-2H3. The fraction of sp³-hybridized carbons (Fsp3) is 0.182. The quantitative estimate of drug-likeness (QED) is 0.444. The second-order valence-corrected chi connectivity index (χ2v) is 7.27. The molecule has 1 heterocycles. The first-order valence-electron chi connectivity index (χ1n) is 8.93. The Kier molecular flexibility index (Phi) is 6.47. The molecule has 0 spiro atoms. The summed E-state index contributed by atoms with van der Waals surface area (Å²) in [7, 11) is 1.61. The summed E-state index contributed by atoms with van der Waals surface area (Å²) < 4.78 is 7.32. The third kappa shape index (κ3) is 4.55. The first-order valence-corrected chi connectivity index (χ1v) is 9.91. The van der Waals surface area contributed by atoms with E-state index < -0.39 is 5.92 Å². The van der Waals surface area contributed by atoms with Gasteiger partial charge in [0, 0.05) is 17.3 Å². The number of imidazole rings is 1. The lowest BCUT2D eigenvalue weighted by Crippen LogP contribution is -2.21. The van der Waals surface area contributed by atoms with Gasteiger partial charge in [-0.2, -0.15) is 5.26 Å². The van der Waals surface area contributed by atoms with Crippen LogP contribution in [0, 0.1) is 22.7 Å². The van der Waals surface area contributed by atoms with Crippen molar-refractivity contribution < 1.29 is 9.53 Å². The monoisotopic (exact) mass is 404 g/mol. The molecule has 2 aromatic carbocycles. The molecule has 0 aliphatic heterocycles. The minimum absolute atomic E-state index is 0.0548. The Balaban J connectivity index is 1.99. The minimum atomic E-state index is -1.02. The van der Waals surface area contributed by atoms with Crippen molar-refractivity contribution in [1.29, 1.82) is 10.7 Å². The Labute approximate surface area is 173 Å². The van der Waals surface area contributed by atoms with Gasteiger partial charge < -0.3 is 10.1 Å². The second-order valence-electron chi connectivity index (χ2n) is 6.33. The van der Waals surface area contributed by atoms with Crippen LogP contribution in [0.3, 0.4) is 0 Å². The number of hydrogen-bond donors (Lipinski definition) is 1. The van der Waals surface area contributed by atoms with Crippen LogP contribution in [0.5, 0.6) is 5.75 Å². The molecule has 1 atom stereocenters. The lowest BCUT2D eigenvalue weighted by molar-refractivity contribution is -0.117. The smallest absolute Gasteiger partial charge is 0.173 e. The number of hydrogen-bond acceptors (Lipinski definition) is 6. The zero-order chi connectivity index (χ0) is 20.8. The molecular formula is C22H20N4O2S. The Morgan fingerprint density at radius 2 is 2.03 bits per heavy atom. The lowest BCUT2D eigenvalue weighted by Gasteiger charge is -2.13. The molecule has 6 nitrogen and oxygen atoms in total. The number of methoxy groups -OCH3 is 1. The summed E-state index contributed by atoms with van der Waals surface area (Å²) in [5.41, 5.74) is 2.79. The molecule has 0 bridgehead atoms. The van der Waals surface area contributed by atoms with Gasteiger partial charge in [-0.15, -0.1) is 0 Å². The number of carbonyl (C=O) groups excluding carboxylic acids is 1. The number of nitriles is 1. The molecule has 3 aromatic rings. The van der Waals surface area contributed by atoms with Crippen LogP contribution < -0.4 is 4.74 Å². The van der Waals surface area contributed by atoms with Gasteiger partial charge >= 0.3 is 0 Å². The predicted molar refractivity (Wildman–Crippen MR) is 114 cm³/mol. The van der Waals surface area contributed by atoms with Crippen molar-refractivity contribution in [3.05, 3.63) is 60.8 Å². The molecule has 0 amide bonds. The molecule has 0 aliphatic rings. The molecule has 7 heteroatoms. The van der Waals surface area contributed by atoms with Crippen molar-refractivity contribution >= 4 is 23.3 Å². The first-order chi connectivity index (χ1) is 14.0. The SMILES string of the molecule is COc1cccc(-n2c(-c3ccccc3)cnc2SCC(=O)C(C#N)C(C)=N)c1. The van der Waals surface area contributed by atoms with Crippen LogP contribution in [0.1, 0.15) is 6.92 Å². The average Bonchev–Trinajstić information content (AvgIpc) is 3.17. The van der Waals surface area contributed by atoms with Gasteiger partial charge in [0.05, 0.1) is 36.5 Å². The van der Waals surface area contributed by atoms with Gasteiger partial charge in [-0.1, -0.05) is 48.2 Å². The summed E-state index contributed by atoms with van der Waals surface area (Å²) in [5.74, 6) is -0.544. The highest BCUT2D eigenvalue weighted by molar-refractivity contribution is 7.99. The van der Waals surface area contributed by atoms with Gasteiger partial charge in [0.25, 0.3) is 0 Å². The van der Waals surface area contributed by atoms with Gasteiger partial charge in [0.2, 0.25) is 0 Å². The van der Waals surface area contributed by atoms with E-state index in [4.69, 9.17) is 15.4 Å². The van der Waals surface area contributed by atoms with E-state index >= 15 is 0 Å². The number of rotatable bonds is 8. The minimum Gasteiger partial charge on any atom is -0.497 e. The molecule has 1 unspecified atom stereocenters. The number of thioether (sulfide) groups is 1. The molecule has 1 aromatic heterocycles. The van der Waals surface area contributed by atoms with E-state index in [1.807, 2.05) is 65.2 Å². The predicted octanol–water partition coefficient (Wildman–Crippen LogP) is 4.39. The number of benzene rings is 2. The maximum absolute atomic E-state index is 12.4. The van der Waals surface area contributed by atoms with E-state index in [1.54, 1.807) is 13.3 Å². The summed E-state index contributed by atoms with van der Waals surface area (Å²) in [4.78, 5) is 16.9. The molecular weight excluding hydrogens is 384 g/mol. The second kappa shape index (κ2) is 9.22. The van der Waals surface area contributed by atoms with E-state index in [0.29, 0.717) is 10.9 Å². The Morgan fingerprint density at radius 1 is 1.28 bits per heavy atom. The van der Waals surface area contributed by atoms with Gasteiger partial charge in [0.15, 0.2) is 10.9 Å². The van der Waals surface area contributed by atoms with Gasteiger partial charge in [-0.3, -0.25) is 9.36 Å². The van der Waals surface area contributed by atoms with E-state index in [2.05, 4.69) is 4.98 Å². The molecule has 146 valence electrons. The molecule has 0 radical (unpaired) electrons. The average molecular weight is 404 g/mol. The van der Waals surface area contributed by atoms with Crippen LogP contribution in [0.25, 0.3) is 16.9 Å². The maximum Gasteiger partial charge on any atom is 0.173 e. The molecule has 0 fully saturated rings. The topological polar surface area (TPSA) is 91.8 Å². The van der Waals surface area contributed by atoms with Crippen LogP contribution >= 0.6 is 11.8 Å². The molecule has 3 rings (SSSR count). The van der Waals surface area contributed by atoms with E-state index in [1.165, 1.54) is 18.7 Å². The molecule has 0 saturated heterocycles. The molecule has 0 saturated carbocycles. The van der Waals surface area contributed by atoms with Crippen molar-refractivity contribution in [2.75, 3.05) is 12.9 Å². The van der Waals surface area contributed by atoms with Crippen LogP contribution in [0.4, 0.5) is 0 Å². The lowest BCUT2D eigenvalue weighted by atomic mass is 10.0. The van der Waals surface area contributed by atoms with Gasteiger partial charge in [0.1, 0.15) is 11.7 Å². The van der Waals surface area contributed by atoms with E-state index in [-0.39, 0.29) is 17.2 Å². The summed E-state index contributed by atoms with van der Waals surface area (Å²) in [5, 5.41) is 17.4. The third-order valence-corrected chi connectivity index (χ3v) is 5.31. The fourth-order valence-corrected chi connectivity index (χ4v) is 3.78. The Bertz CT molecular complexity index is 1070. The number of nitrogens with zero attached hydrogens (tertiary/aromatic N) is 3. The fourth-order valence-electron chi connectivity index (χ4n) is 2.88. The van der Waals surface area contributed by atoms with Crippen molar-refractivity contribution in [3.63, 3.8) is 0 Å². The van der Waals surface area contributed by atoms with Gasteiger partial charge in [-0.25, -0.2) is 4.98 Å². The highest BCUT2D eigenvalue weighted by atomic mass is 32.2. The number of carbonyl (C=O) groups is 1. The van der Waals surface area contributed by atoms with Gasteiger partial charge in [-0.05, 0) is 19.1 Å². The summed E-state index contributed by atoms with van der Waals surface area (Å²) in [6, 6.07) is 19.4. The van der Waals surface area contributed by atoms with E-state index in [0.717, 1.165) is 16.9 Å². The normalized spacial score (nSPS) is 11.5. The Morgan fingerprint density at radius 3 is 2.69 bits per heavy atom.